The van der Waals surface area contributed by atoms with E-state index in [0.29, 0.717) is 5.75 Å². The molecule has 0 amide bonds. The molecule has 0 aliphatic rings. The van der Waals surface area contributed by atoms with Crippen LogP contribution in [0, 0.1) is 11.9 Å². The molecule has 2 rings (SSSR count). The predicted molar refractivity (Wildman–Crippen MR) is 57.2 cm³/mol. The maximum atomic E-state index is 12.7. The zero-order valence-electron chi connectivity index (χ0n) is 8.33. The highest BCUT2D eigenvalue weighted by Gasteiger charge is 1.99. The van der Waals surface area contributed by atoms with Gasteiger partial charge in [0.2, 0.25) is 0 Å². The van der Waals surface area contributed by atoms with Crippen molar-refractivity contribution in [2.75, 3.05) is 7.11 Å². The van der Waals surface area contributed by atoms with Crippen molar-refractivity contribution in [3.05, 3.63) is 54.3 Å². The van der Waals surface area contributed by atoms with Gasteiger partial charge in [0.1, 0.15) is 11.6 Å². The van der Waals surface area contributed by atoms with Gasteiger partial charge in [-0.15, -0.1) is 0 Å². The highest BCUT2D eigenvalue weighted by atomic mass is 19.1. The van der Waals surface area contributed by atoms with Crippen LogP contribution in [0.2, 0.25) is 0 Å². The summed E-state index contributed by atoms with van der Waals surface area (Å²) in [7, 11) is 1.60. The Kier molecular flexibility index (Phi) is 2.68. The fourth-order valence-electron chi connectivity index (χ4n) is 1.36. The lowest BCUT2D eigenvalue weighted by Crippen LogP contribution is -1.84. The van der Waals surface area contributed by atoms with E-state index in [1.165, 1.54) is 12.1 Å². The summed E-state index contributed by atoms with van der Waals surface area (Å²) in [4.78, 5) is 0. The van der Waals surface area contributed by atoms with Crippen LogP contribution in [-0.2, 0) is 0 Å². The maximum Gasteiger partial charge on any atom is 0.127 e. The smallest absolute Gasteiger partial charge is 0.127 e. The number of ether oxygens (including phenoxy) is 1. The lowest BCUT2D eigenvalue weighted by Gasteiger charge is -2.03. The molecule has 75 valence electrons. The van der Waals surface area contributed by atoms with Gasteiger partial charge in [-0.2, -0.15) is 0 Å². The first-order chi connectivity index (χ1) is 7.29. The van der Waals surface area contributed by atoms with Crippen LogP contribution in [-0.4, -0.2) is 7.11 Å². The third kappa shape index (κ3) is 2.15. The quantitative estimate of drug-likeness (QED) is 0.724. The Balaban J connectivity index is 2.40. The minimum atomic E-state index is -0.235. The van der Waals surface area contributed by atoms with Gasteiger partial charge in [-0.25, -0.2) is 4.39 Å². The van der Waals surface area contributed by atoms with Crippen molar-refractivity contribution < 1.29 is 9.13 Å². The average Bonchev–Trinajstić information content (AvgIpc) is 2.30. The van der Waals surface area contributed by atoms with E-state index in [1.807, 2.05) is 18.2 Å². The zero-order valence-corrected chi connectivity index (χ0v) is 8.33. The van der Waals surface area contributed by atoms with Crippen molar-refractivity contribution in [2.24, 2.45) is 0 Å². The van der Waals surface area contributed by atoms with E-state index in [9.17, 15) is 4.39 Å². The Bertz CT molecular complexity index is 448. The fourth-order valence-corrected chi connectivity index (χ4v) is 1.36. The first kappa shape index (κ1) is 9.71. The summed E-state index contributed by atoms with van der Waals surface area (Å²) < 4.78 is 17.8. The number of methoxy groups -OCH3 is 1. The Morgan fingerprint density at radius 3 is 2.47 bits per heavy atom. The Morgan fingerprint density at radius 1 is 1.07 bits per heavy atom. The van der Waals surface area contributed by atoms with E-state index in [0.717, 1.165) is 11.1 Å². The van der Waals surface area contributed by atoms with Crippen LogP contribution in [0.15, 0.2) is 42.5 Å². The minimum Gasteiger partial charge on any atom is -0.496 e. The molecule has 0 saturated heterocycles. The third-order valence-electron chi connectivity index (χ3n) is 2.14. The van der Waals surface area contributed by atoms with Crippen LogP contribution in [0.4, 0.5) is 4.39 Å². The van der Waals surface area contributed by atoms with Crippen molar-refractivity contribution in [1.29, 1.82) is 0 Å². The predicted octanol–water partition coefficient (Wildman–Crippen LogP) is 3.30. The molecule has 2 aromatic carbocycles. The molecule has 0 unspecified atom stereocenters. The zero-order chi connectivity index (χ0) is 10.7. The number of halogens is 1. The summed E-state index contributed by atoms with van der Waals surface area (Å²) in [5, 5.41) is 0. The summed E-state index contributed by atoms with van der Waals surface area (Å²) in [6, 6.07) is 15.0. The summed E-state index contributed by atoms with van der Waals surface area (Å²) >= 11 is 0. The second kappa shape index (κ2) is 4.13. The van der Waals surface area contributed by atoms with Gasteiger partial charge in [-0.05, 0) is 29.3 Å². The SMILES string of the molecule is COc1[c]c(-c2ccc(F)cc2)ccc1. The molecule has 2 heteroatoms. The average molecular weight is 201 g/mol. The molecule has 0 heterocycles. The number of hydrogen-bond acceptors (Lipinski definition) is 1. The second-order valence-electron chi connectivity index (χ2n) is 3.14. The van der Waals surface area contributed by atoms with Crippen molar-refractivity contribution >= 4 is 0 Å². The largest absolute Gasteiger partial charge is 0.496 e. The van der Waals surface area contributed by atoms with Crippen LogP contribution < -0.4 is 4.74 Å². The van der Waals surface area contributed by atoms with E-state index >= 15 is 0 Å². The van der Waals surface area contributed by atoms with Crippen molar-refractivity contribution in [3.8, 4) is 16.9 Å². The Labute approximate surface area is 88.1 Å². The van der Waals surface area contributed by atoms with Gasteiger partial charge in [0.05, 0.1) is 7.11 Å². The molecule has 1 radical (unpaired) electrons. The first-order valence-corrected chi connectivity index (χ1v) is 4.62. The van der Waals surface area contributed by atoms with Gasteiger partial charge in [-0.3, -0.25) is 0 Å². The molecule has 0 atom stereocenters. The normalized spacial score (nSPS) is 10.0. The van der Waals surface area contributed by atoms with Gasteiger partial charge in [0, 0.05) is 6.07 Å². The molecular weight excluding hydrogens is 191 g/mol. The molecule has 0 spiro atoms. The molecule has 2 aromatic rings. The molecule has 1 nitrogen and oxygen atoms in total. The van der Waals surface area contributed by atoms with Crippen LogP contribution in [0.5, 0.6) is 5.75 Å². The monoisotopic (exact) mass is 201 g/mol. The molecule has 0 aliphatic heterocycles. The number of benzene rings is 2. The van der Waals surface area contributed by atoms with Crippen LogP contribution in [0.25, 0.3) is 11.1 Å². The second-order valence-corrected chi connectivity index (χ2v) is 3.14. The van der Waals surface area contributed by atoms with Crippen molar-refractivity contribution in [3.63, 3.8) is 0 Å². The van der Waals surface area contributed by atoms with Gasteiger partial charge in [-0.1, -0.05) is 24.3 Å². The fraction of sp³-hybridized carbons (Fsp3) is 0.0769. The van der Waals surface area contributed by atoms with Crippen molar-refractivity contribution in [1.82, 2.24) is 0 Å². The van der Waals surface area contributed by atoms with E-state index in [4.69, 9.17) is 4.74 Å². The molecule has 0 bridgehead atoms. The van der Waals surface area contributed by atoms with E-state index in [1.54, 1.807) is 19.2 Å². The number of rotatable bonds is 2. The highest BCUT2D eigenvalue weighted by molar-refractivity contribution is 5.64. The molecular formula is C13H10FO. The molecule has 0 fully saturated rings. The van der Waals surface area contributed by atoms with Gasteiger partial charge >= 0.3 is 0 Å². The lowest BCUT2D eigenvalue weighted by molar-refractivity contribution is 0.414. The molecule has 15 heavy (non-hydrogen) atoms. The summed E-state index contributed by atoms with van der Waals surface area (Å²) in [5.41, 5.74) is 1.82. The summed E-state index contributed by atoms with van der Waals surface area (Å²) in [6.45, 7) is 0. The topological polar surface area (TPSA) is 9.23 Å². The molecule has 0 aliphatic carbocycles. The third-order valence-corrected chi connectivity index (χ3v) is 2.14. The van der Waals surface area contributed by atoms with Gasteiger partial charge < -0.3 is 4.74 Å². The van der Waals surface area contributed by atoms with Crippen LogP contribution in [0.1, 0.15) is 0 Å². The minimum absolute atomic E-state index is 0.235. The van der Waals surface area contributed by atoms with Crippen molar-refractivity contribution in [2.45, 2.75) is 0 Å². The lowest BCUT2D eigenvalue weighted by atomic mass is 10.1. The first-order valence-electron chi connectivity index (χ1n) is 4.62. The van der Waals surface area contributed by atoms with Gasteiger partial charge in [0.25, 0.3) is 0 Å². The van der Waals surface area contributed by atoms with Crippen LogP contribution in [0.3, 0.4) is 0 Å². The van der Waals surface area contributed by atoms with Gasteiger partial charge in [0.15, 0.2) is 0 Å². The Hall–Kier alpha value is -1.83. The Morgan fingerprint density at radius 2 is 1.80 bits per heavy atom. The van der Waals surface area contributed by atoms with E-state index in [-0.39, 0.29) is 5.82 Å². The summed E-state index contributed by atoms with van der Waals surface area (Å²) in [6.07, 6.45) is 0. The summed E-state index contributed by atoms with van der Waals surface area (Å²) in [5.74, 6) is 0.443. The van der Waals surface area contributed by atoms with E-state index < -0.39 is 0 Å². The molecule has 0 N–H and O–H groups in total. The molecule has 0 saturated carbocycles. The number of hydrogen-bond donors (Lipinski definition) is 0. The van der Waals surface area contributed by atoms with E-state index in [2.05, 4.69) is 6.07 Å². The highest BCUT2D eigenvalue weighted by Crippen LogP contribution is 2.22. The molecule has 0 aromatic heterocycles. The maximum absolute atomic E-state index is 12.7. The van der Waals surface area contributed by atoms with Crippen LogP contribution >= 0.6 is 0 Å². The standard InChI is InChI=1S/C13H10FO/c1-15-13-4-2-3-11(9-13)10-5-7-12(14)8-6-10/h2-8H,1H3.